The number of benzene rings is 1. The van der Waals surface area contributed by atoms with Crippen LogP contribution in [0.3, 0.4) is 0 Å². The van der Waals surface area contributed by atoms with Crippen molar-refractivity contribution in [3.63, 3.8) is 0 Å². The van der Waals surface area contributed by atoms with Gasteiger partial charge in [-0.25, -0.2) is 4.79 Å². The number of aromatic nitrogens is 2. The minimum Gasteiger partial charge on any atom is -0.505 e. The first-order valence-corrected chi connectivity index (χ1v) is 9.80. The molecule has 2 aromatic heterocycles. The smallest absolute Gasteiger partial charge is 0.319 e. The van der Waals surface area contributed by atoms with E-state index in [1.807, 2.05) is 6.07 Å². The van der Waals surface area contributed by atoms with Crippen LogP contribution in [-0.2, 0) is 11.8 Å². The number of hydrogen-bond donors (Lipinski definition) is 4. The fourth-order valence-corrected chi connectivity index (χ4v) is 3.46. The van der Waals surface area contributed by atoms with E-state index in [9.17, 15) is 24.6 Å². The van der Waals surface area contributed by atoms with Crippen molar-refractivity contribution in [2.24, 2.45) is 7.05 Å². The summed E-state index contributed by atoms with van der Waals surface area (Å²) < 4.78 is 6.48. The van der Waals surface area contributed by atoms with Gasteiger partial charge in [0.15, 0.2) is 5.69 Å². The summed E-state index contributed by atoms with van der Waals surface area (Å²) >= 11 is 0. The highest BCUT2D eigenvalue weighted by Gasteiger charge is 2.22. The topological polar surface area (TPSA) is 147 Å². The van der Waals surface area contributed by atoms with Gasteiger partial charge in [0.1, 0.15) is 11.5 Å². The van der Waals surface area contributed by atoms with Crippen molar-refractivity contribution in [2.75, 3.05) is 5.32 Å². The van der Waals surface area contributed by atoms with Crippen LogP contribution in [0.2, 0.25) is 0 Å². The first-order valence-electron chi connectivity index (χ1n) is 9.80. The van der Waals surface area contributed by atoms with E-state index in [0.29, 0.717) is 22.7 Å². The highest BCUT2D eigenvalue weighted by molar-refractivity contribution is 5.91. The number of aryl methyl sites for hydroxylation is 3. The summed E-state index contributed by atoms with van der Waals surface area (Å²) in [5.41, 5.74) is 2.41. The number of hydrogen-bond acceptors (Lipinski definition) is 6. The SMILES string of the molecule is Cc1noc(C)c1-c1cccc([C@H](CC(=O)O)NC(=O)Nc2c(O)cc(C)n(C)c2=O)c1. The van der Waals surface area contributed by atoms with Crippen molar-refractivity contribution in [3.05, 3.63) is 63.4 Å². The standard InChI is InChI=1S/C22H24N4O6/c1-11-8-17(27)20(21(30)26(11)4)24-22(31)23-16(10-18(28)29)14-6-5-7-15(9-14)19-12(2)25-32-13(19)3/h5-9,16,27H,10H2,1-4H3,(H,28,29)(H2,23,24,31)/t16-/m0/s1. The molecule has 0 aliphatic rings. The molecule has 0 saturated carbocycles. The normalized spacial score (nSPS) is 11.8. The van der Waals surface area contributed by atoms with Gasteiger partial charge in [0.25, 0.3) is 5.56 Å². The number of pyridine rings is 1. The summed E-state index contributed by atoms with van der Waals surface area (Å²) in [5.74, 6) is -0.881. The lowest BCUT2D eigenvalue weighted by Gasteiger charge is -2.19. The average Bonchev–Trinajstić information content (AvgIpc) is 3.07. The highest BCUT2D eigenvalue weighted by Crippen LogP contribution is 2.30. The Kier molecular flexibility index (Phi) is 6.33. The Balaban J connectivity index is 1.90. The van der Waals surface area contributed by atoms with Crippen molar-refractivity contribution in [1.29, 1.82) is 0 Å². The number of carboxylic acids is 1. The van der Waals surface area contributed by atoms with Gasteiger partial charge >= 0.3 is 12.0 Å². The zero-order chi connectivity index (χ0) is 23.6. The largest absolute Gasteiger partial charge is 0.505 e. The second-order valence-electron chi connectivity index (χ2n) is 7.48. The maximum atomic E-state index is 12.6. The molecule has 0 spiro atoms. The average molecular weight is 440 g/mol. The lowest BCUT2D eigenvalue weighted by Crippen LogP contribution is -2.36. The molecule has 1 aromatic carbocycles. The van der Waals surface area contributed by atoms with Crippen molar-refractivity contribution in [2.45, 2.75) is 33.2 Å². The molecular weight excluding hydrogens is 416 g/mol. The predicted molar refractivity (Wildman–Crippen MR) is 117 cm³/mol. The summed E-state index contributed by atoms with van der Waals surface area (Å²) in [5, 5.41) is 28.3. The van der Waals surface area contributed by atoms with Crippen LogP contribution in [0.1, 0.15) is 35.2 Å². The summed E-state index contributed by atoms with van der Waals surface area (Å²) in [7, 11) is 1.51. The number of anilines is 1. The molecule has 0 radical (unpaired) electrons. The van der Waals surface area contributed by atoms with E-state index >= 15 is 0 Å². The van der Waals surface area contributed by atoms with Gasteiger partial charge in [-0.05, 0) is 38.0 Å². The maximum Gasteiger partial charge on any atom is 0.319 e. The second-order valence-corrected chi connectivity index (χ2v) is 7.48. The van der Waals surface area contributed by atoms with Crippen molar-refractivity contribution in [3.8, 4) is 16.9 Å². The molecule has 0 saturated heterocycles. The van der Waals surface area contributed by atoms with Crippen LogP contribution in [0, 0.1) is 20.8 Å². The maximum absolute atomic E-state index is 12.6. The zero-order valence-electron chi connectivity index (χ0n) is 18.1. The third-order valence-corrected chi connectivity index (χ3v) is 5.18. The van der Waals surface area contributed by atoms with Crippen LogP contribution in [0.5, 0.6) is 5.75 Å². The number of carbonyl (C=O) groups excluding carboxylic acids is 1. The van der Waals surface area contributed by atoms with Crippen molar-refractivity contribution in [1.82, 2.24) is 15.0 Å². The van der Waals surface area contributed by atoms with E-state index in [1.54, 1.807) is 39.0 Å². The van der Waals surface area contributed by atoms with Crippen LogP contribution in [0.15, 0.2) is 39.6 Å². The Morgan fingerprint density at radius 2 is 1.94 bits per heavy atom. The number of aromatic hydroxyl groups is 1. The summed E-state index contributed by atoms with van der Waals surface area (Å²) in [6.45, 7) is 5.21. The van der Waals surface area contributed by atoms with Crippen molar-refractivity contribution >= 4 is 17.7 Å². The molecule has 0 bridgehead atoms. The van der Waals surface area contributed by atoms with Gasteiger partial charge in [0.05, 0.1) is 18.2 Å². The number of urea groups is 1. The molecule has 10 heteroatoms. The molecule has 0 aliphatic heterocycles. The Morgan fingerprint density at radius 1 is 1.22 bits per heavy atom. The van der Waals surface area contributed by atoms with Gasteiger partial charge in [-0.15, -0.1) is 0 Å². The molecule has 3 rings (SSSR count). The van der Waals surface area contributed by atoms with E-state index < -0.39 is 30.0 Å². The lowest BCUT2D eigenvalue weighted by molar-refractivity contribution is -0.137. The number of rotatable bonds is 6. The van der Waals surface area contributed by atoms with Crippen LogP contribution < -0.4 is 16.2 Å². The number of carbonyl (C=O) groups is 2. The molecule has 3 aromatic rings. The molecule has 2 heterocycles. The van der Waals surface area contributed by atoms with E-state index in [2.05, 4.69) is 15.8 Å². The Morgan fingerprint density at radius 3 is 2.56 bits per heavy atom. The first kappa shape index (κ1) is 22.6. The summed E-state index contributed by atoms with van der Waals surface area (Å²) in [4.78, 5) is 36.4. The van der Waals surface area contributed by atoms with Gasteiger partial charge in [0.2, 0.25) is 0 Å². The predicted octanol–water partition coefficient (Wildman–Crippen LogP) is 3.01. The molecule has 4 N–H and O–H groups in total. The fraction of sp³-hybridized carbons (Fsp3) is 0.273. The van der Waals surface area contributed by atoms with E-state index in [4.69, 9.17) is 4.52 Å². The first-order chi connectivity index (χ1) is 15.1. The molecule has 32 heavy (non-hydrogen) atoms. The van der Waals surface area contributed by atoms with Crippen LogP contribution in [0.4, 0.5) is 10.5 Å². The van der Waals surface area contributed by atoms with Gasteiger partial charge in [0, 0.05) is 24.4 Å². The van der Waals surface area contributed by atoms with Crippen LogP contribution in [0.25, 0.3) is 11.1 Å². The second kappa shape index (κ2) is 8.96. The fourth-order valence-electron chi connectivity index (χ4n) is 3.46. The highest BCUT2D eigenvalue weighted by atomic mass is 16.5. The number of nitrogens with zero attached hydrogens (tertiary/aromatic N) is 2. The van der Waals surface area contributed by atoms with Gasteiger partial charge in [-0.2, -0.15) is 0 Å². The Labute approximate surface area is 183 Å². The number of aliphatic carboxylic acids is 1. The third-order valence-electron chi connectivity index (χ3n) is 5.18. The molecule has 1 atom stereocenters. The zero-order valence-corrected chi connectivity index (χ0v) is 18.1. The lowest BCUT2D eigenvalue weighted by atomic mass is 9.97. The van der Waals surface area contributed by atoms with E-state index in [-0.39, 0.29) is 11.4 Å². The monoisotopic (exact) mass is 440 g/mol. The van der Waals surface area contributed by atoms with Gasteiger partial charge in [-0.1, -0.05) is 23.4 Å². The number of nitrogens with one attached hydrogen (secondary N) is 2. The van der Waals surface area contributed by atoms with E-state index in [1.165, 1.54) is 17.7 Å². The number of carboxylic acid groups (broad SMARTS) is 1. The minimum atomic E-state index is -1.12. The molecule has 10 nitrogen and oxygen atoms in total. The molecule has 2 amide bonds. The van der Waals surface area contributed by atoms with Gasteiger partial charge < -0.3 is 29.9 Å². The Bertz CT molecular complexity index is 1220. The van der Waals surface area contributed by atoms with Crippen LogP contribution >= 0.6 is 0 Å². The summed E-state index contributed by atoms with van der Waals surface area (Å²) in [6.07, 6.45) is -0.392. The molecule has 0 unspecified atom stereocenters. The molecule has 0 fully saturated rings. The van der Waals surface area contributed by atoms with Crippen LogP contribution in [-0.4, -0.2) is 31.9 Å². The molecule has 0 aliphatic carbocycles. The van der Waals surface area contributed by atoms with Gasteiger partial charge in [-0.3, -0.25) is 9.59 Å². The van der Waals surface area contributed by atoms with E-state index in [0.717, 1.165) is 11.1 Å². The Hall–Kier alpha value is -4.08. The minimum absolute atomic E-state index is 0.297. The molecular formula is C22H24N4O6. The third kappa shape index (κ3) is 4.64. The van der Waals surface area contributed by atoms with Crippen molar-refractivity contribution < 1.29 is 24.3 Å². The summed E-state index contributed by atoms with van der Waals surface area (Å²) in [6, 6.07) is 6.65. The quantitative estimate of drug-likeness (QED) is 0.461. The number of amides is 2. The molecule has 168 valence electrons.